The van der Waals surface area contributed by atoms with Gasteiger partial charge in [-0.1, -0.05) is 76.6 Å². The van der Waals surface area contributed by atoms with Gasteiger partial charge in [-0.25, -0.2) is 0 Å². The molecule has 7 rings (SSSR count). The predicted octanol–water partition coefficient (Wildman–Crippen LogP) is 9.58. The summed E-state index contributed by atoms with van der Waals surface area (Å²) in [4.78, 5) is 0. The Balaban J connectivity index is 1.51. The lowest BCUT2D eigenvalue weighted by Crippen LogP contribution is -1.93. The minimum Gasteiger partial charge on any atom is -0.309 e. The van der Waals surface area contributed by atoms with Gasteiger partial charge in [0.15, 0.2) is 0 Å². The number of rotatable bonds is 2. The summed E-state index contributed by atoms with van der Waals surface area (Å²) in [6.45, 7) is 0. The summed E-state index contributed by atoms with van der Waals surface area (Å²) in [5, 5.41) is 5.21. The Hall–Kier alpha value is -3.40. The van der Waals surface area contributed by atoms with E-state index in [-0.39, 0.29) is 0 Å². The van der Waals surface area contributed by atoms with Crippen LogP contribution in [-0.2, 0) is 0 Å². The van der Waals surface area contributed by atoms with E-state index in [1.54, 1.807) is 0 Å². The molecule has 0 amide bonds. The largest absolute Gasteiger partial charge is 0.309 e. The molecule has 5 aromatic carbocycles. The minimum absolute atomic E-state index is 1.09. The van der Waals surface area contributed by atoms with Crippen LogP contribution in [0.3, 0.4) is 0 Å². The first-order valence-corrected chi connectivity index (χ1v) is 12.6. The van der Waals surface area contributed by atoms with Crippen LogP contribution in [0.2, 0.25) is 0 Å². The van der Waals surface area contributed by atoms with Gasteiger partial charge in [0.1, 0.15) is 0 Å². The number of thiophene rings is 1. The van der Waals surface area contributed by atoms with Crippen LogP contribution in [-0.4, -0.2) is 4.57 Å². The van der Waals surface area contributed by atoms with Gasteiger partial charge in [-0.3, -0.25) is 0 Å². The molecule has 3 heteroatoms. The first-order chi connectivity index (χ1) is 16.3. The summed E-state index contributed by atoms with van der Waals surface area (Å²) in [6, 6.07) is 39.6. The van der Waals surface area contributed by atoms with Gasteiger partial charge in [0.05, 0.1) is 11.0 Å². The standard InChI is InChI=1S/C30H18BrNS/c31-21-12-14-24-23-13-10-20(17-27(23)32(28(24)18-21)22-6-2-1-3-7-22)19-11-15-30-26(16-19)25-8-4-5-9-29(25)33-30/h1-18H. The first-order valence-electron chi connectivity index (χ1n) is 11.0. The zero-order valence-electron chi connectivity index (χ0n) is 17.6. The molecular formula is C30H18BrNS. The van der Waals surface area contributed by atoms with E-state index in [1.807, 2.05) is 11.3 Å². The monoisotopic (exact) mass is 503 g/mol. The fourth-order valence-electron chi connectivity index (χ4n) is 4.93. The second-order valence-corrected chi connectivity index (χ2v) is 10.4. The lowest BCUT2D eigenvalue weighted by Gasteiger charge is -2.09. The molecule has 156 valence electrons. The molecule has 0 atom stereocenters. The number of benzene rings is 5. The van der Waals surface area contributed by atoms with Gasteiger partial charge in [-0.2, -0.15) is 0 Å². The van der Waals surface area contributed by atoms with Crippen molar-refractivity contribution in [2.24, 2.45) is 0 Å². The van der Waals surface area contributed by atoms with Crippen LogP contribution in [0.15, 0.2) is 114 Å². The summed E-state index contributed by atoms with van der Waals surface area (Å²) >= 11 is 5.54. The highest BCUT2D eigenvalue weighted by Crippen LogP contribution is 2.39. The van der Waals surface area contributed by atoms with E-state index in [2.05, 4.69) is 130 Å². The van der Waals surface area contributed by atoms with E-state index >= 15 is 0 Å². The summed E-state index contributed by atoms with van der Waals surface area (Å²) in [5.74, 6) is 0. The van der Waals surface area contributed by atoms with E-state index in [0.717, 1.165) is 4.47 Å². The summed E-state index contributed by atoms with van der Waals surface area (Å²) in [6.07, 6.45) is 0. The van der Waals surface area contributed by atoms with Gasteiger partial charge >= 0.3 is 0 Å². The van der Waals surface area contributed by atoms with Crippen molar-refractivity contribution < 1.29 is 0 Å². The van der Waals surface area contributed by atoms with E-state index in [1.165, 1.54) is 58.8 Å². The van der Waals surface area contributed by atoms with E-state index in [4.69, 9.17) is 0 Å². The fraction of sp³-hybridized carbons (Fsp3) is 0. The smallest absolute Gasteiger partial charge is 0.0552 e. The van der Waals surface area contributed by atoms with Crippen molar-refractivity contribution in [1.82, 2.24) is 4.57 Å². The average Bonchev–Trinajstić information content (AvgIpc) is 3.38. The van der Waals surface area contributed by atoms with Crippen molar-refractivity contribution in [1.29, 1.82) is 0 Å². The van der Waals surface area contributed by atoms with Crippen molar-refractivity contribution in [2.75, 3.05) is 0 Å². The Morgan fingerprint density at radius 2 is 1.18 bits per heavy atom. The zero-order valence-corrected chi connectivity index (χ0v) is 20.0. The van der Waals surface area contributed by atoms with Gasteiger partial charge in [0.2, 0.25) is 0 Å². The summed E-state index contributed by atoms with van der Waals surface area (Å²) < 4.78 is 6.14. The Labute approximate surface area is 203 Å². The SMILES string of the molecule is Brc1ccc2c3ccc(-c4ccc5sc6ccccc6c5c4)cc3n(-c3ccccc3)c2c1. The van der Waals surface area contributed by atoms with Crippen LogP contribution in [0, 0.1) is 0 Å². The molecule has 0 aliphatic heterocycles. The van der Waals surface area contributed by atoms with E-state index < -0.39 is 0 Å². The van der Waals surface area contributed by atoms with Crippen LogP contribution in [0.25, 0.3) is 58.8 Å². The molecule has 0 radical (unpaired) electrons. The molecular weight excluding hydrogens is 486 g/mol. The third-order valence-corrected chi connectivity index (χ3v) is 8.10. The molecule has 1 nitrogen and oxygen atoms in total. The molecule has 0 saturated heterocycles. The van der Waals surface area contributed by atoms with Crippen molar-refractivity contribution >= 4 is 69.2 Å². The lowest BCUT2D eigenvalue weighted by atomic mass is 10.0. The van der Waals surface area contributed by atoms with Crippen LogP contribution in [0.1, 0.15) is 0 Å². The molecule has 0 N–H and O–H groups in total. The molecule has 2 aromatic heterocycles. The number of para-hydroxylation sites is 1. The third-order valence-electron chi connectivity index (χ3n) is 6.45. The van der Waals surface area contributed by atoms with Crippen LogP contribution in [0.5, 0.6) is 0 Å². The summed E-state index contributed by atoms with van der Waals surface area (Å²) in [5.41, 5.74) is 6.09. The molecule has 0 bridgehead atoms. The fourth-order valence-corrected chi connectivity index (χ4v) is 6.37. The Kier molecular flexibility index (Phi) is 4.23. The number of hydrogen-bond acceptors (Lipinski definition) is 1. The van der Waals surface area contributed by atoms with Crippen molar-refractivity contribution in [3.05, 3.63) is 114 Å². The minimum atomic E-state index is 1.09. The second-order valence-electron chi connectivity index (χ2n) is 8.37. The van der Waals surface area contributed by atoms with Gasteiger partial charge < -0.3 is 4.57 Å². The van der Waals surface area contributed by atoms with Crippen LogP contribution >= 0.6 is 27.3 Å². The van der Waals surface area contributed by atoms with E-state index in [9.17, 15) is 0 Å². The number of aromatic nitrogens is 1. The highest BCUT2D eigenvalue weighted by molar-refractivity contribution is 9.10. The van der Waals surface area contributed by atoms with Crippen molar-refractivity contribution in [2.45, 2.75) is 0 Å². The molecule has 0 fully saturated rings. The van der Waals surface area contributed by atoms with Gasteiger partial charge in [-0.05, 0) is 59.7 Å². The van der Waals surface area contributed by atoms with Crippen molar-refractivity contribution in [3.63, 3.8) is 0 Å². The quantitative estimate of drug-likeness (QED) is 0.221. The Morgan fingerprint density at radius 3 is 2.06 bits per heavy atom. The van der Waals surface area contributed by atoms with Crippen LogP contribution < -0.4 is 0 Å². The topological polar surface area (TPSA) is 4.93 Å². The highest BCUT2D eigenvalue weighted by atomic mass is 79.9. The lowest BCUT2D eigenvalue weighted by molar-refractivity contribution is 1.18. The molecule has 7 aromatic rings. The van der Waals surface area contributed by atoms with Gasteiger partial charge in [0, 0.05) is 41.1 Å². The van der Waals surface area contributed by atoms with Gasteiger partial charge in [-0.15, -0.1) is 11.3 Å². The second kappa shape index (κ2) is 7.31. The summed E-state index contributed by atoms with van der Waals surface area (Å²) in [7, 11) is 0. The Morgan fingerprint density at radius 1 is 0.515 bits per heavy atom. The Bertz CT molecular complexity index is 1830. The maximum absolute atomic E-state index is 3.67. The molecule has 0 aliphatic carbocycles. The predicted molar refractivity (Wildman–Crippen MR) is 147 cm³/mol. The molecule has 2 heterocycles. The first kappa shape index (κ1) is 19.1. The van der Waals surface area contributed by atoms with Crippen LogP contribution in [0.4, 0.5) is 0 Å². The molecule has 0 aliphatic rings. The van der Waals surface area contributed by atoms with Gasteiger partial charge in [0.25, 0.3) is 0 Å². The molecule has 33 heavy (non-hydrogen) atoms. The molecule has 0 saturated carbocycles. The maximum Gasteiger partial charge on any atom is 0.0552 e. The van der Waals surface area contributed by atoms with Crippen molar-refractivity contribution in [3.8, 4) is 16.8 Å². The average molecular weight is 504 g/mol. The van der Waals surface area contributed by atoms with E-state index in [0.29, 0.717) is 0 Å². The maximum atomic E-state index is 3.67. The molecule has 0 unspecified atom stereocenters. The number of hydrogen-bond donors (Lipinski definition) is 0. The number of halogens is 1. The zero-order chi connectivity index (χ0) is 21.9. The molecule has 0 spiro atoms. The number of nitrogens with zero attached hydrogens (tertiary/aromatic N) is 1. The highest BCUT2D eigenvalue weighted by Gasteiger charge is 2.14. The normalized spacial score (nSPS) is 11.8. The number of fused-ring (bicyclic) bond motifs is 6. The third kappa shape index (κ3) is 2.97.